The van der Waals surface area contributed by atoms with Crippen molar-refractivity contribution in [1.82, 2.24) is 10.2 Å². The van der Waals surface area contributed by atoms with Gasteiger partial charge in [0.25, 0.3) is 5.91 Å². The van der Waals surface area contributed by atoms with E-state index < -0.39 is 0 Å². The number of benzene rings is 1. The number of hydrogen-bond acceptors (Lipinski definition) is 3. The number of imide groups is 1. The molecule has 2 rings (SSSR count). The van der Waals surface area contributed by atoms with Crippen molar-refractivity contribution >= 4 is 23.7 Å². The second-order valence-electron chi connectivity index (χ2n) is 4.69. The van der Waals surface area contributed by atoms with Crippen LogP contribution in [-0.4, -0.2) is 34.9 Å². The van der Waals surface area contributed by atoms with Crippen LogP contribution in [0.4, 0.5) is 4.79 Å². The Morgan fingerprint density at radius 3 is 2.58 bits per heavy atom. The molecule has 1 aliphatic rings. The summed E-state index contributed by atoms with van der Waals surface area (Å²) in [4.78, 5) is 25.2. The Hall–Kier alpha value is -1.49. The van der Waals surface area contributed by atoms with Gasteiger partial charge in [-0.25, -0.2) is 4.79 Å². The molecule has 0 aromatic heterocycles. The molecule has 5 heteroatoms. The molecule has 0 saturated carbocycles. The lowest BCUT2D eigenvalue weighted by molar-refractivity contribution is -0.127. The van der Waals surface area contributed by atoms with Crippen molar-refractivity contribution in [2.75, 3.05) is 12.0 Å². The Morgan fingerprint density at radius 2 is 1.95 bits per heavy atom. The smallest absolute Gasteiger partial charge is 0.325 e. The third-order valence-corrected chi connectivity index (χ3v) is 3.82. The molecular weight excluding hydrogens is 260 g/mol. The zero-order valence-electron chi connectivity index (χ0n) is 11.2. The van der Waals surface area contributed by atoms with Crippen molar-refractivity contribution in [1.29, 1.82) is 0 Å². The molecule has 102 valence electrons. The predicted octanol–water partition coefficient (Wildman–Crippen LogP) is 2.17. The lowest BCUT2D eigenvalue weighted by Crippen LogP contribution is -2.31. The van der Waals surface area contributed by atoms with E-state index in [0.717, 1.165) is 11.3 Å². The molecule has 1 unspecified atom stereocenters. The van der Waals surface area contributed by atoms with Crippen molar-refractivity contribution in [3.63, 3.8) is 0 Å². The van der Waals surface area contributed by atoms with Gasteiger partial charge in [-0.3, -0.25) is 9.69 Å². The molecule has 19 heavy (non-hydrogen) atoms. The van der Waals surface area contributed by atoms with Gasteiger partial charge in [0.05, 0.1) is 6.54 Å². The van der Waals surface area contributed by atoms with Crippen molar-refractivity contribution < 1.29 is 9.59 Å². The molecule has 1 N–H and O–H groups in total. The third-order valence-electron chi connectivity index (χ3n) is 3.18. The quantitative estimate of drug-likeness (QED) is 0.840. The highest BCUT2D eigenvalue weighted by molar-refractivity contribution is 7.98. The Kier molecular flexibility index (Phi) is 4.47. The maximum atomic E-state index is 12.1. The number of hydrogen-bond donors (Lipinski definition) is 1. The van der Waals surface area contributed by atoms with Crippen LogP contribution in [0.1, 0.15) is 17.5 Å². The minimum absolute atomic E-state index is 0.111. The number of carbonyl (C=O) groups is 2. The van der Waals surface area contributed by atoms with Gasteiger partial charge in [-0.1, -0.05) is 29.8 Å². The van der Waals surface area contributed by atoms with Crippen LogP contribution < -0.4 is 5.32 Å². The van der Waals surface area contributed by atoms with E-state index in [2.05, 4.69) is 5.32 Å². The SMILES string of the molecule is CSCCC1NC(=O)N(Cc2ccc(C)cc2)C1=O. The van der Waals surface area contributed by atoms with E-state index in [4.69, 9.17) is 0 Å². The fraction of sp³-hybridized carbons (Fsp3) is 0.429. The van der Waals surface area contributed by atoms with Crippen LogP contribution in [0.2, 0.25) is 0 Å². The van der Waals surface area contributed by atoms with Crippen LogP contribution in [-0.2, 0) is 11.3 Å². The van der Waals surface area contributed by atoms with Gasteiger partial charge in [-0.05, 0) is 30.9 Å². The summed E-state index contributed by atoms with van der Waals surface area (Å²) < 4.78 is 0. The van der Waals surface area contributed by atoms with E-state index in [1.54, 1.807) is 11.8 Å². The first-order valence-corrected chi connectivity index (χ1v) is 7.67. The Bertz CT molecular complexity index is 473. The topological polar surface area (TPSA) is 49.4 Å². The van der Waals surface area contributed by atoms with Gasteiger partial charge in [-0.15, -0.1) is 0 Å². The van der Waals surface area contributed by atoms with E-state index in [9.17, 15) is 9.59 Å². The first-order valence-electron chi connectivity index (χ1n) is 6.28. The van der Waals surface area contributed by atoms with E-state index in [1.807, 2.05) is 37.4 Å². The first-order chi connectivity index (χ1) is 9.11. The highest BCUT2D eigenvalue weighted by atomic mass is 32.2. The van der Waals surface area contributed by atoms with Gasteiger partial charge in [0.1, 0.15) is 6.04 Å². The summed E-state index contributed by atoms with van der Waals surface area (Å²) in [5, 5.41) is 2.74. The largest absolute Gasteiger partial charge is 0.326 e. The van der Waals surface area contributed by atoms with Crippen molar-refractivity contribution in [2.45, 2.75) is 25.9 Å². The van der Waals surface area contributed by atoms with Crippen LogP contribution in [0.3, 0.4) is 0 Å². The van der Waals surface area contributed by atoms with Crippen LogP contribution in [0.5, 0.6) is 0 Å². The van der Waals surface area contributed by atoms with E-state index in [1.165, 1.54) is 10.5 Å². The predicted molar refractivity (Wildman–Crippen MR) is 77.0 cm³/mol. The van der Waals surface area contributed by atoms with Crippen molar-refractivity contribution in [3.8, 4) is 0 Å². The number of amides is 3. The van der Waals surface area contributed by atoms with Crippen LogP contribution in [0.25, 0.3) is 0 Å². The molecule has 1 fully saturated rings. The van der Waals surface area contributed by atoms with Gasteiger partial charge in [0.15, 0.2) is 0 Å². The summed E-state index contributed by atoms with van der Waals surface area (Å²) >= 11 is 1.68. The summed E-state index contributed by atoms with van der Waals surface area (Å²) in [6.45, 7) is 2.36. The molecule has 1 heterocycles. The average molecular weight is 278 g/mol. The van der Waals surface area contributed by atoms with Crippen molar-refractivity contribution in [2.24, 2.45) is 0 Å². The van der Waals surface area contributed by atoms with Crippen LogP contribution >= 0.6 is 11.8 Å². The van der Waals surface area contributed by atoms with Gasteiger partial charge in [0, 0.05) is 0 Å². The zero-order chi connectivity index (χ0) is 13.8. The van der Waals surface area contributed by atoms with E-state index in [0.29, 0.717) is 13.0 Å². The highest BCUT2D eigenvalue weighted by Crippen LogP contribution is 2.15. The molecule has 1 saturated heterocycles. The first kappa shape index (κ1) is 13.9. The summed E-state index contributed by atoms with van der Waals surface area (Å²) in [5.41, 5.74) is 2.14. The molecule has 0 aliphatic carbocycles. The summed E-state index contributed by atoms with van der Waals surface area (Å²) in [6.07, 6.45) is 2.68. The molecule has 1 aromatic carbocycles. The fourth-order valence-corrected chi connectivity index (χ4v) is 2.51. The van der Waals surface area contributed by atoms with Crippen molar-refractivity contribution in [3.05, 3.63) is 35.4 Å². The van der Waals surface area contributed by atoms with Gasteiger partial charge < -0.3 is 5.32 Å². The maximum Gasteiger partial charge on any atom is 0.325 e. The second-order valence-corrected chi connectivity index (χ2v) is 5.68. The lowest BCUT2D eigenvalue weighted by Gasteiger charge is -2.13. The molecule has 1 aromatic rings. The number of thioether (sulfide) groups is 1. The molecule has 1 atom stereocenters. The minimum Gasteiger partial charge on any atom is -0.326 e. The summed E-state index contributed by atoms with van der Waals surface area (Å²) in [5.74, 6) is 0.759. The van der Waals surface area contributed by atoms with Crippen LogP contribution in [0, 0.1) is 6.92 Å². The van der Waals surface area contributed by atoms with Gasteiger partial charge in [-0.2, -0.15) is 11.8 Å². The molecular formula is C14H18N2O2S. The highest BCUT2D eigenvalue weighted by Gasteiger charge is 2.37. The van der Waals surface area contributed by atoms with Crippen LogP contribution in [0.15, 0.2) is 24.3 Å². The minimum atomic E-state index is -0.356. The maximum absolute atomic E-state index is 12.1. The number of aryl methyl sites for hydroxylation is 1. The van der Waals surface area contributed by atoms with Gasteiger partial charge >= 0.3 is 6.03 Å². The Morgan fingerprint density at radius 1 is 1.26 bits per heavy atom. The average Bonchev–Trinajstić information content (AvgIpc) is 2.66. The zero-order valence-corrected chi connectivity index (χ0v) is 12.0. The normalized spacial score (nSPS) is 18.8. The molecule has 3 amide bonds. The van der Waals surface area contributed by atoms with E-state index >= 15 is 0 Å². The standard InChI is InChI=1S/C14H18N2O2S/c1-10-3-5-11(6-4-10)9-16-13(17)12(7-8-19-2)15-14(16)18/h3-6,12H,7-9H2,1-2H3,(H,15,18). The number of nitrogens with zero attached hydrogens (tertiary/aromatic N) is 1. The number of nitrogens with one attached hydrogen (secondary N) is 1. The summed E-state index contributed by atoms with van der Waals surface area (Å²) in [6, 6.07) is 7.23. The second kappa shape index (κ2) is 6.10. The Labute approximate surface area is 117 Å². The lowest BCUT2D eigenvalue weighted by atomic mass is 10.1. The molecule has 4 nitrogen and oxygen atoms in total. The fourth-order valence-electron chi connectivity index (χ4n) is 2.03. The monoisotopic (exact) mass is 278 g/mol. The molecule has 1 aliphatic heterocycles. The number of rotatable bonds is 5. The van der Waals surface area contributed by atoms with Gasteiger partial charge in [0.2, 0.25) is 0 Å². The number of urea groups is 1. The van der Waals surface area contributed by atoms with E-state index in [-0.39, 0.29) is 18.0 Å². The number of carbonyl (C=O) groups excluding carboxylic acids is 2. The molecule has 0 radical (unpaired) electrons. The molecule has 0 spiro atoms. The molecule has 0 bridgehead atoms. The third kappa shape index (κ3) is 3.29. The Balaban J connectivity index is 2.02. The summed E-state index contributed by atoms with van der Waals surface area (Å²) in [7, 11) is 0.